The molecule has 2 rings (SSSR count). The molecule has 0 atom stereocenters. The summed E-state index contributed by atoms with van der Waals surface area (Å²) < 4.78 is 5.31. The smallest absolute Gasteiger partial charge is 0.270 e. The third-order valence-electron chi connectivity index (χ3n) is 4.07. The Bertz CT molecular complexity index is 525. The second kappa shape index (κ2) is 5.79. The Kier molecular flexibility index (Phi) is 4.28. The van der Waals surface area contributed by atoms with E-state index in [-0.39, 0.29) is 17.8 Å². The summed E-state index contributed by atoms with van der Waals surface area (Å²) >= 11 is 0. The van der Waals surface area contributed by atoms with Crippen LogP contribution in [0.4, 0.5) is 0 Å². The molecule has 110 valence electrons. The molecule has 1 aromatic rings. The number of rotatable bonds is 3. The largest absolute Gasteiger partial charge is 0.381 e. The van der Waals surface area contributed by atoms with E-state index >= 15 is 0 Å². The summed E-state index contributed by atoms with van der Waals surface area (Å²) in [5, 5.41) is 0. The van der Waals surface area contributed by atoms with E-state index in [2.05, 4.69) is 4.98 Å². The van der Waals surface area contributed by atoms with Crippen LogP contribution in [0.25, 0.3) is 0 Å². The average Bonchev–Trinajstić information content (AvgIpc) is 2.73. The third kappa shape index (κ3) is 2.63. The minimum atomic E-state index is -0.0207. The van der Waals surface area contributed by atoms with Gasteiger partial charge in [0.1, 0.15) is 5.69 Å². The molecule has 5 nitrogen and oxygen atoms in total. The quantitative estimate of drug-likeness (QED) is 0.861. The van der Waals surface area contributed by atoms with Gasteiger partial charge in [-0.25, -0.2) is 0 Å². The Morgan fingerprint density at radius 1 is 1.25 bits per heavy atom. The second-order valence-electron chi connectivity index (χ2n) is 5.41. The molecule has 2 heterocycles. The van der Waals surface area contributed by atoms with Crippen LogP contribution in [-0.2, 0) is 4.74 Å². The zero-order valence-corrected chi connectivity index (χ0v) is 12.6. The van der Waals surface area contributed by atoms with Gasteiger partial charge in [0.25, 0.3) is 5.91 Å². The fraction of sp³-hybridized carbons (Fsp3) is 0.600. The van der Waals surface area contributed by atoms with Crippen molar-refractivity contribution in [2.24, 2.45) is 0 Å². The van der Waals surface area contributed by atoms with Crippen molar-refractivity contribution in [1.29, 1.82) is 0 Å². The lowest BCUT2D eigenvalue weighted by Gasteiger charge is -2.31. The molecule has 1 aromatic heterocycles. The highest BCUT2D eigenvalue weighted by molar-refractivity contribution is 6.02. The standard InChI is InChI=1S/C15H22N2O3/c1-9-13(11(3)18)10(2)16-14(9)15(19)17-7-5-12(20-4)6-8-17/h12,16H,5-8H2,1-4H3. The molecule has 0 spiro atoms. The van der Waals surface area contributed by atoms with Crippen LogP contribution in [-0.4, -0.2) is 47.9 Å². The minimum absolute atomic E-state index is 0.00612. The second-order valence-corrected chi connectivity index (χ2v) is 5.41. The first-order valence-electron chi connectivity index (χ1n) is 6.97. The number of nitrogens with zero attached hydrogens (tertiary/aromatic N) is 1. The Balaban J connectivity index is 2.18. The van der Waals surface area contributed by atoms with Crippen molar-refractivity contribution in [2.75, 3.05) is 20.2 Å². The molecular weight excluding hydrogens is 256 g/mol. The number of nitrogens with one attached hydrogen (secondary N) is 1. The van der Waals surface area contributed by atoms with E-state index in [1.165, 1.54) is 6.92 Å². The molecule has 1 N–H and O–H groups in total. The molecule has 0 saturated carbocycles. The van der Waals surface area contributed by atoms with Gasteiger partial charge in [-0.15, -0.1) is 0 Å². The number of amides is 1. The van der Waals surface area contributed by atoms with Crippen LogP contribution in [0.1, 0.15) is 51.9 Å². The predicted octanol–water partition coefficient (Wildman–Crippen LogP) is 2.09. The van der Waals surface area contributed by atoms with E-state index in [9.17, 15) is 9.59 Å². The summed E-state index contributed by atoms with van der Waals surface area (Å²) in [5.74, 6) is -0.0268. The van der Waals surface area contributed by atoms with Crippen molar-refractivity contribution in [3.63, 3.8) is 0 Å². The lowest BCUT2D eigenvalue weighted by molar-refractivity contribution is 0.0347. The number of H-pyrrole nitrogens is 1. The fourth-order valence-electron chi connectivity index (χ4n) is 2.94. The molecule has 5 heteroatoms. The first-order valence-corrected chi connectivity index (χ1v) is 6.97. The van der Waals surface area contributed by atoms with Crippen LogP contribution < -0.4 is 0 Å². The first-order chi connectivity index (χ1) is 9.45. The maximum Gasteiger partial charge on any atom is 0.270 e. The number of aromatic nitrogens is 1. The van der Waals surface area contributed by atoms with Crippen LogP contribution in [0.2, 0.25) is 0 Å². The SMILES string of the molecule is COC1CCN(C(=O)c2[nH]c(C)c(C(C)=O)c2C)CC1. The number of carbonyl (C=O) groups excluding carboxylic acids is 2. The van der Waals surface area contributed by atoms with Crippen LogP contribution >= 0.6 is 0 Å². The number of aromatic amines is 1. The van der Waals surface area contributed by atoms with Crippen molar-refractivity contribution in [2.45, 2.75) is 39.7 Å². The lowest BCUT2D eigenvalue weighted by atomic mass is 10.0. The highest BCUT2D eigenvalue weighted by atomic mass is 16.5. The van der Waals surface area contributed by atoms with Gasteiger partial charge in [0.15, 0.2) is 5.78 Å². The Morgan fingerprint density at radius 3 is 2.30 bits per heavy atom. The Morgan fingerprint density at radius 2 is 1.85 bits per heavy atom. The number of carbonyl (C=O) groups is 2. The van der Waals surface area contributed by atoms with Crippen LogP contribution in [0.15, 0.2) is 0 Å². The van der Waals surface area contributed by atoms with E-state index in [1.807, 2.05) is 18.7 Å². The molecule has 1 aliphatic rings. The summed E-state index contributed by atoms with van der Waals surface area (Å²) in [7, 11) is 1.71. The number of Topliss-reactive ketones (excluding diaryl/α,β-unsaturated/α-hetero) is 1. The summed E-state index contributed by atoms with van der Waals surface area (Å²) in [6.45, 7) is 6.59. The van der Waals surface area contributed by atoms with Crippen molar-refractivity contribution in [1.82, 2.24) is 9.88 Å². The third-order valence-corrected chi connectivity index (χ3v) is 4.07. The summed E-state index contributed by atoms with van der Waals surface area (Å²) in [5.41, 5.74) is 2.71. The van der Waals surface area contributed by atoms with Crippen LogP contribution in [0, 0.1) is 13.8 Å². The van der Waals surface area contributed by atoms with Gasteiger partial charge in [0, 0.05) is 31.5 Å². The van der Waals surface area contributed by atoms with Gasteiger partial charge in [-0.05, 0) is 39.2 Å². The molecular formula is C15H22N2O3. The molecule has 20 heavy (non-hydrogen) atoms. The van der Waals surface area contributed by atoms with Crippen molar-refractivity contribution < 1.29 is 14.3 Å². The van der Waals surface area contributed by atoms with Crippen LogP contribution in [0.3, 0.4) is 0 Å². The van der Waals surface area contributed by atoms with Gasteiger partial charge >= 0.3 is 0 Å². The minimum Gasteiger partial charge on any atom is -0.381 e. The summed E-state index contributed by atoms with van der Waals surface area (Å²) in [6, 6.07) is 0. The zero-order chi connectivity index (χ0) is 14.9. The molecule has 0 aliphatic carbocycles. The van der Waals surface area contributed by atoms with E-state index in [0.29, 0.717) is 24.3 Å². The number of aryl methyl sites for hydroxylation is 1. The number of hydrogen-bond acceptors (Lipinski definition) is 3. The van der Waals surface area contributed by atoms with Crippen molar-refractivity contribution >= 4 is 11.7 Å². The van der Waals surface area contributed by atoms with Crippen molar-refractivity contribution in [3.8, 4) is 0 Å². The van der Waals surface area contributed by atoms with Crippen molar-refractivity contribution in [3.05, 3.63) is 22.5 Å². The molecule has 1 saturated heterocycles. The van der Waals surface area contributed by atoms with E-state index < -0.39 is 0 Å². The van der Waals surface area contributed by atoms with Gasteiger partial charge < -0.3 is 14.6 Å². The lowest BCUT2D eigenvalue weighted by Crippen LogP contribution is -2.41. The normalized spacial score (nSPS) is 16.5. The van der Waals surface area contributed by atoms with Gasteiger partial charge in [-0.1, -0.05) is 0 Å². The monoisotopic (exact) mass is 278 g/mol. The van der Waals surface area contributed by atoms with Gasteiger partial charge in [-0.3, -0.25) is 9.59 Å². The molecule has 0 radical (unpaired) electrons. The van der Waals surface area contributed by atoms with E-state index in [0.717, 1.165) is 24.1 Å². The fourth-order valence-corrected chi connectivity index (χ4v) is 2.94. The molecule has 0 aromatic carbocycles. The summed E-state index contributed by atoms with van der Waals surface area (Å²) in [6.07, 6.45) is 1.97. The highest BCUT2D eigenvalue weighted by Crippen LogP contribution is 2.22. The van der Waals surface area contributed by atoms with Gasteiger partial charge in [0.2, 0.25) is 0 Å². The van der Waals surface area contributed by atoms with E-state index in [4.69, 9.17) is 4.74 Å². The average molecular weight is 278 g/mol. The number of ether oxygens (including phenoxy) is 1. The number of hydrogen-bond donors (Lipinski definition) is 1. The molecule has 1 aliphatic heterocycles. The molecule has 1 amide bonds. The maximum absolute atomic E-state index is 12.5. The maximum atomic E-state index is 12.5. The first kappa shape index (κ1) is 14.8. The number of likely N-dealkylation sites (tertiary alicyclic amines) is 1. The Labute approximate surface area is 119 Å². The topological polar surface area (TPSA) is 62.4 Å². The van der Waals surface area contributed by atoms with Gasteiger partial charge in [0.05, 0.1) is 6.10 Å². The number of piperidine rings is 1. The zero-order valence-electron chi connectivity index (χ0n) is 12.6. The molecule has 0 bridgehead atoms. The highest BCUT2D eigenvalue weighted by Gasteiger charge is 2.27. The molecule has 0 unspecified atom stereocenters. The van der Waals surface area contributed by atoms with Gasteiger partial charge in [-0.2, -0.15) is 0 Å². The number of ketones is 1. The summed E-state index contributed by atoms with van der Waals surface area (Å²) in [4.78, 5) is 29.1. The predicted molar refractivity (Wildman–Crippen MR) is 76.2 cm³/mol. The van der Waals surface area contributed by atoms with E-state index in [1.54, 1.807) is 7.11 Å². The Hall–Kier alpha value is -1.62. The number of methoxy groups -OCH3 is 1. The molecule has 1 fully saturated rings. The van der Waals surface area contributed by atoms with Crippen LogP contribution in [0.5, 0.6) is 0 Å².